The molecular weight excluding hydrogens is 201 g/mol. The maximum Gasteiger partial charge on any atom is 0.389 e. The second-order valence-electron chi connectivity index (χ2n) is 2.67. The lowest BCUT2D eigenvalue weighted by molar-refractivity contribution is -0.134. The fraction of sp³-hybridized carbons (Fsp3) is 0.375. The van der Waals surface area contributed by atoms with Gasteiger partial charge in [0.1, 0.15) is 5.76 Å². The zero-order valence-corrected chi connectivity index (χ0v) is 6.97. The Morgan fingerprint density at radius 3 is 2.64 bits per heavy atom. The van der Waals surface area contributed by atoms with Crippen molar-refractivity contribution in [1.82, 2.24) is 0 Å². The third-order valence-corrected chi connectivity index (χ3v) is 1.56. The van der Waals surface area contributed by atoms with Gasteiger partial charge in [-0.3, -0.25) is 4.79 Å². The highest BCUT2D eigenvalue weighted by atomic mass is 19.4. The molecule has 1 heterocycles. The smallest absolute Gasteiger partial charge is 0.389 e. The van der Waals surface area contributed by atoms with Gasteiger partial charge in [-0.2, -0.15) is 13.2 Å². The van der Waals surface area contributed by atoms with Crippen molar-refractivity contribution >= 4 is 0 Å². The molecule has 0 aliphatic rings. The van der Waals surface area contributed by atoms with Crippen LogP contribution in [0.5, 0.6) is 5.75 Å². The molecule has 14 heavy (non-hydrogen) atoms. The number of halogens is 3. The van der Waals surface area contributed by atoms with Crippen LogP contribution in [0, 0.1) is 0 Å². The Morgan fingerprint density at radius 1 is 1.43 bits per heavy atom. The Bertz CT molecular complexity index is 367. The maximum atomic E-state index is 11.8. The lowest BCUT2D eigenvalue weighted by Gasteiger charge is -2.05. The van der Waals surface area contributed by atoms with Crippen molar-refractivity contribution in [3.8, 4) is 5.75 Å². The van der Waals surface area contributed by atoms with Crippen molar-refractivity contribution in [3.05, 3.63) is 28.3 Å². The van der Waals surface area contributed by atoms with E-state index in [-0.39, 0.29) is 5.76 Å². The Kier molecular flexibility index (Phi) is 2.83. The van der Waals surface area contributed by atoms with Crippen LogP contribution in [0.3, 0.4) is 0 Å². The van der Waals surface area contributed by atoms with E-state index in [4.69, 9.17) is 5.11 Å². The Hall–Kier alpha value is -1.46. The summed E-state index contributed by atoms with van der Waals surface area (Å²) in [6.45, 7) is 0. The van der Waals surface area contributed by atoms with Gasteiger partial charge in [0.15, 0.2) is 0 Å². The van der Waals surface area contributed by atoms with Crippen molar-refractivity contribution in [3.63, 3.8) is 0 Å². The van der Waals surface area contributed by atoms with Crippen LogP contribution in [0.4, 0.5) is 13.2 Å². The standard InChI is InChI=1S/C8H7F3O3/c9-8(10,11)3-1-6-7(13)5(12)2-4-14-6/h2,4,13H,1,3H2. The fourth-order valence-electron chi connectivity index (χ4n) is 0.883. The van der Waals surface area contributed by atoms with E-state index in [9.17, 15) is 18.0 Å². The Labute approximate surface area is 76.8 Å². The van der Waals surface area contributed by atoms with Gasteiger partial charge in [-0.25, -0.2) is 0 Å². The van der Waals surface area contributed by atoms with Crippen molar-refractivity contribution in [2.45, 2.75) is 19.0 Å². The molecule has 0 saturated carbocycles. The highest BCUT2D eigenvalue weighted by Crippen LogP contribution is 2.23. The molecule has 0 spiro atoms. The lowest BCUT2D eigenvalue weighted by atomic mass is 10.2. The minimum Gasteiger partial charge on any atom is -0.502 e. The van der Waals surface area contributed by atoms with E-state index in [1.54, 1.807) is 0 Å². The summed E-state index contributed by atoms with van der Waals surface area (Å²) in [6.07, 6.45) is -5.05. The minimum atomic E-state index is -4.33. The molecule has 0 aliphatic heterocycles. The molecule has 0 radical (unpaired) electrons. The summed E-state index contributed by atoms with van der Waals surface area (Å²) < 4.78 is 39.9. The largest absolute Gasteiger partial charge is 0.502 e. The van der Waals surface area contributed by atoms with Gasteiger partial charge in [0, 0.05) is 12.5 Å². The van der Waals surface area contributed by atoms with Crippen LogP contribution in [-0.4, -0.2) is 11.3 Å². The number of alkyl halides is 3. The third-order valence-electron chi connectivity index (χ3n) is 1.56. The van der Waals surface area contributed by atoms with Crippen LogP contribution in [0.1, 0.15) is 12.2 Å². The molecule has 0 unspecified atom stereocenters. The van der Waals surface area contributed by atoms with E-state index in [0.29, 0.717) is 0 Å². The van der Waals surface area contributed by atoms with Gasteiger partial charge >= 0.3 is 6.18 Å². The second-order valence-corrected chi connectivity index (χ2v) is 2.67. The highest BCUT2D eigenvalue weighted by molar-refractivity contribution is 5.22. The molecule has 0 fully saturated rings. The first-order chi connectivity index (χ1) is 6.40. The zero-order valence-electron chi connectivity index (χ0n) is 6.97. The van der Waals surface area contributed by atoms with Crippen LogP contribution in [0.2, 0.25) is 0 Å². The van der Waals surface area contributed by atoms with Gasteiger partial charge in [-0.15, -0.1) is 0 Å². The zero-order chi connectivity index (χ0) is 10.8. The molecule has 0 saturated heterocycles. The van der Waals surface area contributed by atoms with E-state index < -0.39 is 30.2 Å². The first-order valence-electron chi connectivity index (χ1n) is 3.76. The predicted molar refractivity (Wildman–Crippen MR) is 41.0 cm³/mol. The molecule has 0 atom stereocenters. The monoisotopic (exact) mass is 208 g/mol. The summed E-state index contributed by atoms with van der Waals surface area (Å²) in [5, 5.41) is 9.02. The van der Waals surface area contributed by atoms with Crippen molar-refractivity contribution in [2.24, 2.45) is 0 Å². The number of hydrogen-bond donors (Lipinski definition) is 1. The molecular formula is C8H7F3O3. The van der Waals surface area contributed by atoms with Gasteiger partial charge in [-0.1, -0.05) is 0 Å². The molecule has 3 nitrogen and oxygen atoms in total. The van der Waals surface area contributed by atoms with E-state index in [1.165, 1.54) is 0 Å². The van der Waals surface area contributed by atoms with Crippen LogP contribution >= 0.6 is 0 Å². The van der Waals surface area contributed by atoms with E-state index in [2.05, 4.69) is 4.42 Å². The quantitative estimate of drug-likeness (QED) is 0.806. The van der Waals surface area contributed by atoms with Crippen molar-refractivity contribution in [2.75, 3.05) is 0 Å². The van der Waals surface area contributed by atoms with Crippen LogP contribution in [-0.2, 0) is 6.42 Å². The molecule has 1 aromatic heterocycles. The van der Waals surface area contributed by atoms with Gasteiger partial charge < -0.3 is 9.52 Å². The summed E-state index contributed by atoms with van der Waals surface area (Å²) in [5.74, 6) is -1.09. The van der Waals surface area contributed by atoms with Gasteiger partial charge in [0.2, 0.25) is 11.2 Å². The van der Waals surface area contributed by atoms with Crippen LogP contribution in [0.25, 0.3) is 0 Å². The first kappa shape index (κ1) is 10.6. The van der Waals surface area contributed by atoms with E-state index >= 15 is 0 Å². The number of aromatic hydroxyl groups is 1. The van der Waals surface area contributed by atoms with Crippen LogP contribution in [0.15, 0.2) is 21.5 Å². The summed E-state index contributed by atoms with van der Waals surface area (Å²) in [6, 6.07) is 0.937. The van der Waals surface area contributed by atoms with Gasteiger partial charge in [0.25, 0.3) is 0 Å². The van der Waals surface area contributed by atoms with Crippen molar-refractivity contribution in [1.29, 1.82) is 0 Å². The van der Waals surface area contributed by atoms with Crippen LogP contribution < -0.4 is 5.43 Å². The number of hydrogen-bond acceptors (Lipinski definition) is 3. The second kappa shape index (κ2) is 3.73. The summed E-state index contributed by atoms with van der Waals surface area (Å²) in [7, 11) is 0. The molecule has 0 aliphatic carbocycles. The molecule has 1 N–H and O–H groups in total. The Balaban J connectivity index is 2.78. The minimum absolute atomic E-state index is 0.338. The molecule has 6 heteroatoms. The maximum absolute atomic E-state index is 11.8. The molecule has 1 aromatic rings. The number of rotatable bonds is 2. The lowest BCUT2D eigenvalue weighted by Crippen LogP contribution is -2.10. The topological polar surface area (TPSA) is 50.4 Å². The van der Waals surface area contributed by atoms with Gasteiger partial charge in [-0.05, 0) is 0 Å². The molecule has 0 aromatic carbocycles. The third kappa shape index (κ3) is 2.79. The summed E-state index contributed by atoms with van der Waals surface area (Å²) in [4.78, 5) is 10.8. The highest BCUT2D eigenvalue weighted by Gasteiger charge is 2.27. The van der Waals surface area contributed by atoms with Crippen molar-refractivity contribution < 1.29 is 22.7 Å². The van der Waals surface area contributed by atoms with Gasteiger partial charge in [0.05, 0.1) is 12.7 Å². The predicted octanol–water partition coefficient (Wildman–Crippen LogP) is 1.84. The summed E-state index contributed by atoms with van der Waals surface area (Å²) >= 11 is 0. The first-order valence-corrected chi connectivity index (χ1v) is 3.76. The molecule has 0 bridgehead atoms. The summed E-state index contributed by atoms with van der Waals surface area (Å²) in [5.41, 5.74) is -0.742. The number of aryl methyl sites for hydroxylation is 1. The average Bonchev–Trinajstić information content (AvgIpc) is 2.06. The SMILES string of the molecule is O=c1ccoc(CCC(F)(F)F)c1O. The normalized spacial score (nSPS) is 11.6. The molecule has 78 valence electrons. The molecule has 0 amide bonds. The van der Waals surface area contributed by atoms with E-state index in [1.807, 2.05) is 0 Å². The Morgan fingerprint density at radius 2 is 2.07 bits per heavy atom. The molecule has 1 rings (SSSR count). The van der Waals surface area contributed by atoms with E-state index in [0.717, 1.165) is 12.3 Å². The average molecular weight is 208 g/mol. The fourth-order valence-corrected chi connectivity index (χ4v) is 0.883.